The van der Waals surface area contributed by atoms with Crippen LogP contribution in [0, 0.1) is 0 Å². The Hall–Kier alpha value is -3.10. The minimum absolute atomic E-state index is 0.0309. The fourth-order valence-corrected chi connectivity index (χ4v) is 3.16. The fraction of sp³-hybridized carbons (Fsp3) is 0.440. The largest absolute Gasteiger partial charge is 0.459 e. The van der Waals surface area contributed by atoms with Crippen molar-refractivity contribution in [1.29, 1.82) is 0 Å². The van der Waals surface area contributed by atoms with Crippen molar-refractivity contribution < 1.29 is 29.3 Å². The van der Waals surface area contributed by atoms with Gasteiger partial charge in [-0.1, -0.05) is 42.5 Å². The van der Waals surface area contributed by atoms with Crippen LogP contribution in [0.4, 0.5) is 10.5 Å². The number of aliphatic hydroxyl groups is 2. The van der Waals surface area contributed by atoms with Crippen molar-refractivity contribution in [3.05, 3.63) is 65.7 Å². The maximum Gasteiger partial charge on any atom is 0.408 e. The average Bonchev–Trinajstić information content (AvgIpc) is 2.77. The number of hydrogen-bond acceptors (Lipinski definition) is 7. The molecule has 0 spiro atoms. The van der Waals surface area contributed by atoms with Crippen LogP contribution in [0.1, 0.15) is 31.9 Å². The highest BCUT2D eigenvalue weighted by Gasteiger charge is 2.26. The Labute approximate surface area is 195 Å². The van der Waals surface area contributed by atoms with Gasteiger partial charge in [0.05, 0.1) is 13.2 Å². The van der Waals surface area contributed by atoms with Gasteiger partial charge in [-0.15, -0.1) is 0 Å². The fourth-order valence-electron chi connectivity index (χ4n) is 3.16. The third kappa shape index (κ3) is 9.51. The molecule has 0 saturated carbocycles. The number of amides is 1. The zero-order chi connectivity index (χ0) is 24.3. The first-order chi connectivity index (χ1) is 15.7. The van der Waals surface area contributed by atoms with Crippen LogP contribution >= 0.6 is 0 Å². The molecule has 0 saturated heterocycles. The summed E-state index contributed by atoms with van der Waals surface area (Å²) < 4.78 is 10.8. The molecule has 2 aromatic carbocycles. The van der Waals surface area contributed by atoms with E-state index in [1.165, 1.54) is 0 Å². The summed E-state index contributed by atoms with van der Waals surface area (Å²) in [6.45, 7) is 6.08. The monoisotopic (exact) mass is 458 g/mol. The van der Waals surface area contributed by atoms with Crippen molar-refractivity contribution in [2.45, 2.75) is 45.4 Å². The van der Waals surface area contributed by atoms with Gasteiger partial charge in [-0.3, -0.25) is 0 Å². The third-order valence-electron chi connectivity index (χ3n) is 4.68. The lowest BCUT2D eigenvalue weighted by Gasteiger charge is -2.24. The number of aliphatic hydroxyl groups excluding tert-OH is 2. The lowest BCUT2D eigenvalue weighted by atomic mass is 10.1. The van der Waals surface area contributed by atoms with E-state index in [9.17, 15) is 19.8 Å². The van der Waals surface area contributed by atoms with Crippen molar-refractivity contribution in [3.8, 4) is 0 Å². The quantitative estimate of drug-likeness (QED) is 0.444. The van der Waals surface area contributed by atoms with Gasteiger partial charge in [-0.05, 0) is 44.0 Å². The predicted molar refractivity (Wildman–Crippen MR) is 126 cm³/mol. The molecule has 1 unspecified atom stereocenters. The molecule has 2 aromatic rings. The molecule has 8 nitrogen and oxygen atoms in total. The summed E-state index contributed by atoms with van der Waals surface area (Å²) in [6.07, 6.45) is -0.481. The van der Waals surface area contributed by atoms with Crippen molar-refractivity contribution in [2.24, 2.45) is 0 Å². The molecule has 2 rings (SSSR count). The molecule has 0 aromatic heterocycles. The van der Waals surface area contributed by atoms with Gasteiger partial charge in [0.25, 0.3) is 0 Å². The summed E-state index contributed by atoms with van der Waals surface area (Å²) in [5.41, 5.74) is 1.79. The second-order valence-electron chi connectivity index (χ2n) is 8.60. The topological polar surface area (TPSA) is 108 Å². The number of alkyl carbamates (subject to hydrolysis) is 1. The van der Waals surface area contributed by atoms with E-state index in [2.05, 4.69) is 5.32 Å². The molecule has 33 heavy (non-hydrogen) atoms. The van der Waals surface area contributed by atoms with Crippen LogP contribution in [0.3, 0.4) is 0 Å². The standard InChI is InChI=1S/C25H34N2O6/c1-25(2,3)33-24(31)26-22(23(30)32-18-20-7-5-4-6-8-20)17-19-9-11-21(12-10-19)27(13-15-28)14-16-29/h4-12,22,28-29H,13-18H2,1-3H3,(H,26,31). The van der Waals surface area contributed by atoms with Crippen LogP contribution in [0.2, 0.25) is 0 Å². The molecule has 1 amide bonds. The number of carbonyl (C=O) groups is 2. The Bertz CT molecular complexity index is 859. The molecule has 1 atom stereocenters. The van der Waals surface area contributed by atoms with Crippen LogP contribution < -0.4 is 10.2 Å². The van der Waals surface area contributed by atoms with E-state index < -0.39 is 23.7 Å². The molecule has 0 aliphatic rings. The lowest BCUT2D eigenvalue weighted by Crippen LogP contribution is -2.45. The summed E-state index contributed by atoms with van der Waals surface area (Å²) in [4.78, 5) is 27.0. The van der Waals surface area contributed by atoms with Gasteiger partial charge in [0.15, 0.2) is 0 Å². The Morgan fingerprint density at radius 1 is 0.939 bits per heavy atom. The molecule has 180 valence electrons. The third-order valence-corrected chi connectivity index (χ3v) is 4.68. The number of anilines is 1. The highest BCUT2D eigenvalue weighted by atomic mass is 16.6. The van der Waals surface area contributed by atoms with Gasteiger partial charge in [0.1, 0.15) is 18.2 Å². The van der Waals surface area contributed by atoms with Crippen LogP contribution in [-0.4, -0.2) is 60.2 Å². The number of benzene rings is 2. The van der Waals surface area contributed by atoms with Crippen molar-refractivity contribution in [1.82, 2.24) is 5.32 Å². The summed E-state index contributed by atoms with van der Waals surface area (Å²) in [5.74, 6) is -0.559. The Morgan fingerprint density at radius 2 is 1.55 bits per heavy atom. The van der Waals surface area contributed by atoms with Crippen molar-refractivity contribution >= 4 is 17.7 Å². The van der Waals surface area contributed by atoms with Gasteiger partial charge < -0.3 is 29.9 Å². The minimum Gasteiger partial charge on any atom is -0.459 e. The van der Waals surface area contributed by atoms with Gasteiger partial charge in [-0.25, -0.2) is 9.59 Å². The summed E-state index contributed by atoms with van der Waals surface area (Å²) >= 11 is 0. The zero-order valence-corrected chi connectivity index (χ0v) is 19.5. The summed E-state index contributed by atoms with van der Waals surface area (Å²) in [6, 6.07) is 15.7. The minimum atomic E-state index is -0.930. The Balaban J connectivity index is 2.11. The van der Waals surface area contributed by atoms with Crippen LogP contribution in [0.5, 0.6) is 0 Å². The average molecular weight is 459 g/mol. The summed E-state index contributed by atoms with van der Waals surface area (Å²) in [5, 5.41) is 21.1. The Kier molecular flexibility index (Phi) is 10.2. The molecule has 0 bridgehead atoms. The first kappa shape index (κ1) is 26.2. The van der Waals surface area contributed by atoms with Crippen molar-refractivity contribution in [3.63, 3.8) is 0 Å². The molecule has 0 heterocycles. The molecule has 8 heteroatoms. The first-order valence-electron chi connectivity index (χ1n) is 11.0. The second kappa shape index (κ2) is 12.8. The first-order valence-corrected chi connectivity index (χ1v) is 11.0. The van der Waals surface area contributed by atoms with E-state index in [0.29, 0.717) is 13.1 Å². The summed E-state index contributed by atoms with van der Waals surface area (Å²) in [7, 11) is 0. The maximum absolute atomic E-state index is 12.8. The van der Waals surface area contributed by atoms with E-state index in [4.69, 9.17) is 9.47 Å². The molecule has 0 aliphatic heterocycles. The van der Waals surface area contributed by atoms with Gasteiger partial charge in [-0.2, -0.15) is 0 Å². The lowest BCUT2D eigenvalue weighted by molar-refractivity contribution is -0.147. The van der Waals surface area contributed by atoms with E-state index in [-0.39, 0.29) is 26.2 Å². The van der Waals surface area contributed by atoms with Gasteiger partial charge in [0, 0.05) is 25.2 Å². The van der Waals surface area contributed by atoms with E-state index in [1.807, 2.05) is 59.5 Å². The van der Waals surface area contributed by atoms with E-state index >= 15 is 0 Å². The normalized spacial score (nSPS) is 12.0. The molecule has 0 radical (unpaired) electrons. The number of esters is 1. The molecule has 0 aliphatic carbocycles. The molecular formula is C25H34N2O6. The van der Waals surface area contributed by atoms with Crippen LogP contribution in [0.25, 0.3) is 0 Å². The smallest absolute Gasteiger partial charge is 0.408 e. The maximum atomic E-state index is 12.8. The molecule has 0 fully saturated rings. The predicted octanol–water partition coefficient (Wildman–Crippen LogP) is 2.66. The van der Waals surface area contributed by atoms with Crippen LogP contribution in [-0.2, 0) is 27.3 Å². The number of rotatable bonds is 11. The van der Waals surface area contributed by atoms with E-state index in [0.717, 1.165) is 16.8 Å². The zero-order valence-electron chi connectivity index (χ0n) is 19.5. The van der Waals surface area contributed by atoms with E-state index in [1.54, 1.807) is 20.8 Å². The Morgan fingerprint density at radius 3 is 2.09 bits per heavy atom. The number of nitrogens with zero attached hydrogens (tertiary/aromatic N) is 1. The highest BCUT2D eigenvalue weighted by Crippen LogP contribution is 2.17. The number of hydrogen-bond donors (Lipinski definition) is 3. The second-order valence-corrected chi connectivity index (χ2v) is 8.60. The molecule has 3 N–H and O–H groups in total. The molecular weight excluding hydrogens is 424 g/mol. The number of carbonyl (C=O) groups excluding carboxylic acids is 2. The van der Waals surface area contributed by atoms with Gasteiger partial charge in [0.2, 0.25) is 0 Å². The van der Waals surface area contributed by atoms with Gasteiger partial charge >= 0.3 is 12.1 Å². The number of ether oxygens (including phenoxy) is 2. The highest BCUT2D eigenvalue weighted by molar-refractivity contribution is 5.81. The van der Waals surface area contributed by atoms with Crippen molar-refractivity contribution in [2.75, 3.05) is 31.2 Å². The SMILES string of the molecule is CC(C)(C)OC(=O)NC(Cc1ccc(N(CCO)CCO)cc1)C(=O)OCc1ccccc1. The number of nitrogens with one attached hydrogen (secondary N) is 1. The van der Waals surface area contributed by atoms with Crippen LogP contribution in [0.15, 0.2) is 54.6 Å².